The average molecular weight is 271 g/mol. The fourth-order valence-corrected chi connectivity index (χ4v) is 1.93. The van der Waals surface area contributed by atoms with E-state index >= 15 is 0 Å². The van der Waals surface area contributed by atoms with Crippen molar-refractivity contribution in [2.45, 2.75) is 0 Å². The zero-order valence-electron chi connectivity index (χ0n) is 10.2. The summed E-state index contributed by atoms with van der Waals surface area (Å²) in [7, 11) is 0. The average Bonchev–Trinajstić information content (AvgIpc) is 2.80. The molecule has 2 aromatic carbocycles. The fraction of sp³-hybridized carbons (Fsp3) is 0. The molecule has 1 heterocycles. The number of hydrogen-bond acceptors (Lipinski definition) is 2. The molecule has 100 valence electrons. The molecule has 0 atom stereocenters. The Morgan fingerprint density at radius 2 is 1.80 bits per heavy atom. The maximum absolute atomic E-state index is 13.5. The number of imidazole rings is 1. The van der Waals surface area contributed by atoms with E-state index in [-0.39, 0.29) is 11.4 Å². The molecule has 0 spiro atoms. The van der Waals surface area contributed by atoms with Gasteiger partial charge in [-0.25, -0.2) is 9.18 Å². The Bertz CT molecular complexity index is 851. The molecule has 3 N–H and O–H groups in total. The zero-order chi connectivity index (χ0) is 14.1. The molecule has 0 fully saturated rings. The van der Waals surface area contributed by atoms with E-state index in [1.54, 1.807) is 24.3 Å². The molecule has 0 aliphatic heterocycles. The number of benzene rings is 2. The van der Waals surface area contributed by atoms with Crippen molar-refractivity contribution in [3.63, 3.8) is 0 Å². The van der Waals surface area contributed by atoms with Crippen molar-refractivity contribution >= 4 is 22.6 Å². The first-order valence-electron chi connectivity index (χ1n) is 5.91. The number of H-pyrrole nitrogens is 2. The SMILES string of the molecule is O=C(Nc1ccccc1F)c1ccc2[nH]c(=O)[nH]c2c1. The number of halogens is 1. The molecule has 6 heteroatoms. The van der Waals surface area contributed by atoms with Crippen molar-refractivity contribution in [2.24, 2.45) is 0 Å². The lowest BCUT2D eigenvalue weighted by molar-refractivity contribution is 0.102. The standard InChI is InChI=1S/C14H10FN3O2/c15-9-3-1-2-4-10(9)16-13(19)8-5-6-11-12(7-8)18-14(20)17-11/h1-7H,(H,16,19)(H2,17,18,20). The maximum atomic E-state index is 13.5. The van der Waals surface area contributed by atoms with Gasteiger partial charge in [0.25, 0.3) is 5.91 Å². The van der Waals surface area contributed by atoms with Crippen LogP contribution in [0.5, 0.6) is 0 Å². The smallest absolute Gasteiger partial charge is 0.319 e. The summed E-state index contributed by atoms with van der Waals surface area (Å²) in [5.74, 6) is -0.948. The summed E-state index contributed by atoms with van der Waals surface area (Å²) in [6, 6.07) is 10.6. The number of anilines is 1. The molecule has 1 amide bonds. The van der Waals surface area contributed by atoms with Crippen molar-refractivity contribution < 1.29 is 9.18 Å². The van der Waals surface area contributed by atoms with E-state index in [2.05, 4.69) is 15.3 Å². The lowest BCUT2D eigenvalue weighted by Gasteiger charge is -2.06. The van der Waals surface area contributed by atoms with E-state index in [1.165, 1.54) is 18.2 Å². The van der Waals surface area contributed by atoms with Crippen LogP contribution in [-0.4, -0.2) is 15.9 Å². The molecule has 0 unspecified atom stereocenters. The third kappa shape index (κ3) is 2.18. The van der Waals surface area contributed by atoms with Gasteiger partial charge in [-0.05, 0) is 30.3 Å². The predicted octanol–water partition coefficient (Wildman–Crippen LogP) is 2.25. The van der Waals surface area contributed by atoms with E-state index in [9.17, 15) is 14.0 Å². The molecule has 0 saturated carbocycles. The van der Waals surface area contributed by atoms with E-state index in [0.29, 0.717) is 16.6 Å². The number of amides is 1. The second-order valence-electron chi connectivity index (χ2n) is 4.27. The predicted molar refractivity (Wildman–Crippen MR) is 73.3 cm³/mol. The Morgan fingerprint density at radius 3 is 2.60 bits per heavy atom. The molecule has 0 aliphatic rings. The molecule has 3 aromatic rings. The molecule has 0 radical (unpaired) electrons. The van der Waals surface area contributed by atoms with Crippen molar-refractivity contribution in [1.82, 2.24) is 9.97 Å². The van der Waals surface area contributed by atoms with Gasteiger partial charge in [0.1, 0.15) is 5.82 Å². The number of carbonyl (C=O) groups is 1. The van der Waals surface area contributed by atoms with E-state index < -0.39 is 11.7 Å². The van der Waals surface area contributed by atoms with Crippen LogP contribution in [0.2, 0.25) is 0 Å². The number of carbonyl (C=O) groups excluding carboxylic acids is 1. The summed E-state index contributed by atoms with van der Waals surface area (Å²) in [6.45, 7) is 0. The lowest BCUT2D eigenvalue weighted by Crippen LogP contribution is -2.12. The second kappa shape index (κ2) is 4.65. The molecular weight excluding hydrogens is 261 g/mol. The Kier molecular flexibility index (Phi) is 2.83. The number of hydrogen-bond donors (Lipinski definition) is 3. The molecule has 0 saturated heterocycles. The number of aromatic nitrogens is 2. The molecule has 1 aromatic heterocycles. The van der Waals surface area contributed by atoms with Gasteiger partial charge in [0, 0.05) is 5.56 Å². The van der Waals surface area contributed by atoms with Crippen LogP contribution >= 0.6 is 0 Å². The van der Waals surface area contributed by atoms with Gasteiger partial charge in [-0.2, -0.15) is 0 Å². The number of nitrogens with one attached hydrogen (secondary N) is 3. The van der Waals surface area contributed by atoms with Crippen molar-refractivity contribution in [3.05, 3.63) is 64.3 Å². The zero-order valence-corrected chi connectivity index (χ0v) is 10.2. The monoisotopic (exact) mass is 271 g/mol. The maximum Gasteiger partial charge on any atom is 0.323 e. The molecule has 0 aliphatic carbocycles. The minimum Gasteiger partial charge on any atom is -0.319 e. The van der Waals surface area contributed by atoms with Gasteiger partial charge < -0.3 is 15.3 Å². The number of fused-ring (bicyclic) bond motifs is 1. The topological polar surface area (TPSA) is 77.8 Å². The van der Waals surface area contributed by atoms with Crippen molar-refractivity contribution in [3.8, 4) is 0 Å². The Hall–Kier alpha value is -2.89. The van der Waals surface area contributed by atoms with Gasteiger partial charge in [0.05, 0.1) is 16.7 Å². The molecule has 3 rings (SSSR count). The minimum atomic E-state index is -0.503. The normalized spacial score (nSPS) is 10.7. The summed E-state index contributed by atoms with van der Waals surface area (Å²) < 4.78 is 13.5. The first-order chi connectivity index (χ1) is 9.63. The summed E-state index contributed by atoms with van der Waals surface area (Å²) in [4.78, 5) is 28.3. The highest BCUT2D eigenvalue weighted by Gasteiger charge is 2.10. The van der Waals surface area contributed by atoms with E-state index in [4.69, 9.17) is 0 Å². The molecular formula is C14H10FN3O2. The number of rotatable bonds is 2. The fourth-order valence-electron chi connectivity index (χ4n) is 1.93. The van der Waals surface area contributed by atoms with Crippen LogP contribution in [-0.2, 0) is 0 Å². The third-order valence-electron chi connectivity index (χ3n) is 2.90. The molecule has 5 nitrogen and oxygen atoms in total. The summed E-state index contributed by atoms with van der Waals surface area (Å²) >= 11 is 0. The highest BCUT2D eigenvalue weighted by atomic mass is 19.1. The quantitative estimate of drug-likeness (QED) is 0.668. The van der Waals surface area contributed by atoms with Gasteiger partial charge in [0.2, 0.25) is 0 Å². The molecule has 20 heavy (non-hydrogen) atoms. The van der Waals surface area contributed by atoms with E-state index in [0.717, 1.165) is 0 Å². The second-order valence-corrected chi connectivity index (χ2v) is 4.27. The van der Waals surface area contributed by atoms with Crippen molar-refractivity contribution in [1.29, 1.82) is 0 Å². The van der Waals surface area contributed by atoms with Crippen LogP contribution in [0.3, 0.4) is 0 Å². The minimum absolute atomic E-state index is 0.111. The van der Waals surface area contributed by atoms with Gasteiger partial charge in [-0.15, -0.1) is 0 Å². The summed E-state index contributed by atoms with van der Waals surface area (Å²) in [5, 5.41) is 2.48. The first kappa shape index (κ1) is 12.2. The van der Waals surface area contributed by atoms with Gasteiger partial charge in [-0.1, -0.05) is 12.1 Å². The first-order valence-corrected chi connectivity index (χ1v) is 5.91. The van der Waals surface area contributed by atoms with Crippen LogP contribution in [0.4, 0.5) is 10.1 Å². The van der Waals surface area contributed by atoms with Crippen LogP contribution in [0.1, 0.15) is 10.4 Å². The Morgan fingerprint density at radius 1 is 1.05 bits per heavy atom. The number of para-hydroxylation sites is 1. The van der Waals surface area contributed by atoms with Crippen molar-refractivity contribution in [2.75, 3.05) is 5.32 Å². The third-order valence-corrected chi connectivity index (χ3v) is 2.90. The van der Waals surface area contributed by atoms with Gasteiger partial charge in [-0.3, -0.25) is 4.79 Å². The van der Waals surface area contributed by atoms with Gasteiger partial charge in [0.15, 0.2) is 0 Å². The van der Waals surface area contributed by atoms with Gasteiger partial charge >= 0.3 is 5.69 Å². The van der Waals surface area contributed by atoms with Crippen LogP contribution in [0.15, 0.2) is 47.3 Å². The summed E-state index contributed by atoms with van der Waals surface area (Å²) in [5.41, 5.74) is 1.23. The highest BCUT2D eigenvalue weighted by molar-refractivity contribution is 6.05. The van der Waals surface area contributed by atoms with Crippen LogP contribution in [0.25, 0.3) is 11.0 Å². The van der Waals surface area contributed by atoms with Crippen LogP contribution < -0.4 is 11.0 Å². The van der Waals surface area contributed by atoms with E-state index in [1.807, 2.05) is 0 Å². The molecule has 0 bridgehead atoms. The lowest BCUT2D eigenvalue weighted by atomic mass is 10.2. The van der Waals surface area contributed by atoms with Crippen LogP contribution in [0, 0.1) is 5.82 Å². The Labute approximate surface area is 112 Å². The summed E-state index contributed by atoms with van der Waals surface area (Å²) in [6.07, 6.45) is 0. The largest absolute Gasteiger partial charge is 0.323 e. The number of aromatic amines is 2. The Balaban J connectivity index is 1.92. The highest BCUT2D eigenvalue weighted by Crippen LogP contribution is 2.15.